The van der Waals surface area contributed by atoms with Crippen molar-refractivity contribution in [1.82, 2.24) is 5.32 Å². The maximum atomic E-state index is 3.43. The van der Waals surface area contributed by atoms with Crippen LogP contribution < -0.4 is 5.32 Å². The van der Waals surface area contributed by atoms with Gasteiger partial charge in [-0.2, -0.15) is 0 Å². The Balaban J connectivity index is 3.04. The Labute approximate surface area is 66.2 Å². The number of nitrogens with one attached hydrogen (secondary N) is 1. The third kappa shape index (κ3) is 8.18. The average molecular weight is 159 g/mol. The zero-order valence-corrected chi connectivity index (χ0v) is 8.83. The van der Waals surface area contributed by atoms with Crippen LogP contribution in [-0.2, 0) is 0 Å². The van der Waals surface area contributed by atoms with Gasteiger partial charge >= 0.3 is 0 Å². The van der Waals surface area contributed by atoms with E-state index in [0.717, 1.165) is 0 Å². The lowest BCUT2D eigenvalue weighted by atomic mass is 10.5. The molecule has 0 amide bonds. The van der Waals surface area contributed by atoms with Crippen LogP contribution >= 0.6 is 0 Å². The maximum absolute atomic E-state index is 3.43. The van der Waals surface area contributed by atoms with Crippen molar-refractivity contribution in [2.75, 3.05) is 13.1 Å². The quantitative estimate of drug-likeness (QED) is 0.479. The van der Waals surface area contributed by atoms with Gasteiger partial charge in [0.05, 0.1) is 0 Å². The van der Waals surface area contributed by atoms with Crippen molar-refractivity contribution in [1.29, 1.82) is 0 Å². The molecule has 1 N–H and O–H groups in total. The molecule has 0 aliphatic heterocycles. The topological polar surface area (TPSA) is 12.0 Å². The van der Waals surface area contributed by atoms with Gasteiger partial charge in [-0.15, -0.1) is 0 Å². The predicted molar refractivity (Wildman–Crippen MR) is 51.3 cm³/mol. The van der Waals surface area contributed by atoms with Crippen LogP contribution in [-0.4, -0.2) is 21.2 Å². The van der Waals surface area contributed by atoms with Crippen LogP contribution in [0.25, 0.3) is 0 Å². The standard InChI is InChI=1S/C8H21NSi/c1-5-6-9-7-8-10(2,3)4/h9H,5-8H2,1-4H3. The molecule has 0 heterocycles. The van der Waals surface area contributed by atoms with Crippen molar-refractivity contribution >= 4 is 8.07 Å². The highest BCUT2D eigenvalue weighted by atomic mass is 28.3. The minimum Gasteiger partial charge on any atom is -0.317 e. The second kappa shape index (κ2) is 4.91. The molecule has 0 rings (SSSR count). The predicted octanol–water partition coefficient (Wildman–Crippen LogP) is 2.32. The number of hydrogen-bond acceptors (Lipinski definition) is 1. The van der Waals surface area contributed by atoms with E-state index >= 15 is 0 Å². The van der Waals surface area contributed by atoms with Crippen molar-refractivity contribution in [3.05, 3.63) is 0 Å². The third-order valence-electron chi connectivity index (χ3n) is 1.48. The van der Waals surface area contributed by atoms with Crippen LogP contribution in [0.4, 0.5) is 0 Å². The highest BCUT2D eigenvalue weighted by molar-refractivity contribution is 6.76. The fourth-order valence-corrected chi connectivity index (χ4v) is 1.69. The van der Waals surface area contributed by atoms with E-state index in [2.05, 4.69) is 31.9 Å². The smallest absolute Gasteiger partial charge is 0.0455 e. The summed E-state index contributed by atoms with van der Waals surface area (Å²) in [5, 5.41) is 3.43. The molecule has 0 aliphatic rings. The van der Waals surface area contributed by atoms with Crippen LogP contribution in [0.2, 0.25) is 25.7 Å². The van der Waals surface area contributed by atoms with Crippen LogP contribution in [0.15, 0.2) is 0 Å². The molecule has 0 unspecified atom stereocenters. The Morgan fingerprint density at radius 3 is 2.10 bits per heavy atom. The van der Waals surface area contributed by atoms with Gasteiger partial charge in [-0.05, 0) is 25.6 Å². The molecule has 0 aliphatic carbocycles. The molecule has 0 bridgehead atoms. The lowest BCUT2D eigenvalue weighted by Gasteiger charge is -2.15. The van der Waals surface area contributed by atoms with E-state index in [0.29, 0.717) is 0 Å². The van der Waals surface area contributed by atoms with Gasteiger partial charge in [-0.25, -0.2) is 0 Å². The molecule has 10 heavy (non-hydrogen) atoms. The third-order valence-corrected chi connectivity index (χ3v) is 3.23. The maximum Gasteiger partial charge on any atom is 0.0455 e. The first-order chi connectivity index (χ1) is 4.56. The summed E-state index contributed by atoms with van der Waals surface area (Å²) in [7, 11) is -0.770. The minimum atomic E-state index is -0.770. The Morgan fingerprint density at radius 2 is 1.70 bits per heavy atom. The fourth-order valence-electron chi connectivity index (χ4n) is 0.765. The molecule has 0 saturated heterocycles. The molecule has 0 aromatic rings. The Kier molecular flexibility index (Phi) is 5.00. The molecule has 0 radical (unpaired) electrons. The van der Waals surface area contributed by atoms with Crippen molar-refractivity contribution < 1.29 is 0 Å². The van der Waals surface area contributed by atoms with Crippen LogP contribution in [0.1, 0.15) is 13.3 Å². The Hall–Kier alpha value is 0.177. The highest BCUT2D eigenvalue weighted by Crippen LogP contribution is 2.05. The second-order valence-corrected chi connectivity index (χ2v) is 9.68. The van der Waals surface area contributed by atoms with Gasteiger partial charge in [0.15, 0.2) is 0 Å². The van der Waals surface area contributed by atoms with Gasteiger partial charge in [0.1, 0.15) is 0 Å². The number of rotatable bonds is 5. The zero-order valence-electron chi connectivity index (χ0n) is 7.83. The molecular weight excluding hydrogens is 138 g/mol. The summed E-state index contributed by atoms with van der Waals surface area (Å²) >= 11 is 0. The number of hydrogen-bond donors (Lipinski definition) is 1. The first kappa shape index (κ1) is 10.2. The van der Waals surface area contributed by atoms with E-state index in [1.54, 1.807) is 0 Å². The van der Waals surface area contributed by atoms with Crippen molar-refractivity contribution in [3.63, 3.8) is 0 Å². The summed E-state index contributed by atoms with van der Waals surface area (Å²) < 4.78 is 0. The van der Waals surface area contributed by atoms with Crippen molar-refractivity contribution in [2.45, 2.75) is 39.0 Å². The van der Waals surface area contributed by atoms with Gasteiger partial charge < -0.3 is 5.32 Å². The lowest BCUT2D eigenvalue weighted by Crippen LogP contribution is -2.27. The van der Waals surface area contributed by atoms with E-state index < -0.39 is 8.07 Å². The van der Waals surface area contributed by atoms with E-state index in [1.165, 1.54) is 25.6 Å². The fraction of sp³-hybridized carbons (Fsp3) is 1.00. The van der Waals surface area contributed by atoms with Gasteiger partial charge in [0.25, 0.3) is 0 Å². The first-order valence-electron chi connectivity index (χ1n) is 4.27. The Bertz CT molecular complexity index is 75.8. The Morgan fingerprint density at radius 1 is 1.10 bits per heavy atom. The molecule has 62 valence electrons. The van der Waals surface area contributed by atoms with Crippen LogP contribution in [0, 0.1) is 0 Å². The first-order valence-corrected chi connectivity index (χ1v) is 7.97. The molecule has 1 nitrogen and oxygen atoms in total. The molecule has 0 fully saturated rings. The van der Waals surface area contributed by atoms with Crippen LogP contribution in [0.5, 0.6) is 0 Å². The van der Waals surface area contributed by atoms with Crippen molar-refractivity contribution in [3.8, 4) is 0 Å². The van der Waals surface area contributed by atoms with Gasteiger partial charge in [0, 0.05) is 8.07 Å². The summed E-state index contributed by atoms with van der Waals surface area (Å²) in [5.41, 5.74) is 0. The summed E-state index contributed by atoms with van der Waals surface area (Å²) in [6.45, 7) is 11.9. The van der Waals surface area contributed by atoms with Gasteiger partial charge in [-0.1, -0.05) is 26.6 Å². The summed E-state index contributed by atoms with van der Waals surface area (Å²) in [5.74, 6) is 0. The summed E-state index contributed by atoms with van der Waals surface area (Å²) in [4.78, 5) is 0. The van der Waals surface area contributed by atoms with E-state index in [-0.39, 0.29) is 0 Å². The normalized spacial score (nSPS) is 12.0. The molecule has 0 atom stereocenters. The monoisotopic (exact) mass is 159 g/mol. The molecular formula is C8H21NSi. The largest absolute Gasteiger partial charge is 0.317 e. The highest BCUT2D eigenvalue weighted by Gasteiger charge is 2.10. The minimum absolute atomic E-state index is 0.770. The van der Waals surface area contributed by atoms with E-state index in [1.807, 2.05) is 0 Å². The molecule has 0 saturated carbocycles. The molecule has 0 aromatic heterocycles. The SMILES string of the molecule is CCCNCC[Si](C)(C)C. The molecule has 2 heteroatoms. The van der Waals surface area contributed by atoms with Crippen molar-refractivity contribution in [2.24, 2.45) is 0 Å². The van der Waals surface area contributed by atoms with E-state index in [9.17, 15) is 0 Å². The average Bonchev–Trinajstić information content (AvgIpc) is 1.78. The summed E-state index contributed by atoms with van der Waals surface area (Å²) in [6.07, 6.45) is 1.26. The van der Waals surface area contributed by atoms with Gasteiger partial charge in [0.2, 0.25) is 0 Å². The van der Waals surface area contributed by atoms with Crippen LogP contribution in [0.3, 0.4) is 0 Å². The molecule has 0 spiro atoms. The lowest BCUT2D eigenvalue weighted by molar-refractivity contribution is 0.698. The summed E-state index contributed by atoms with van der Waals surface area (Å²) in [6, 6.07) is 1.41. The van der Waals surface area contributed by atoms with Gasteiger partial charge in [-0.3, -0.25) is 0 Å². The van der Waals surface area contributed by atoms with E-state index in [4.69, 9.17) is 0 Å². The molecule has 0 aromatic carbocycles. The zero-order chi connectivity index (χ0) is 8.04. The second-order valence-electron chi connectivity index (χ2n) is 4.06.